The number of hydrogen-bond donors (Lipinski definition) is 1. The Bertz CT molecular complexity index is 557. The van der Waals surface area contributed by atoms with Gasteiger partial charge in [-0.15, -0.1) is 0 Å². The maximum absolute atomic E-state index is 4.58. The molecule has 0 aliphatic carbocycles. The van der Waals surface area contributed by atoms with Crippen LogP contribution in [0.4, 0.5) is 0 Å². The van der Waals surface area contributed by atoms with E-state index in [1.165, 1.54) is 11.1 Å². The van der Waals surface area contributed by atoms with Crippen molar-refractivity contribution >= 4 is 0 Å². The molecule has 4 nitrogen and oxygen atoms in total. The number of nitrogens with zero attached hydrogens (tertiary/aromatic N) is 3. The summed E-state index contributed by atoms with van der Waals surface area (Å²) in [7, 11) is 1.97. The molecule has 0 bridgehead atoms. The second kappa shape index (κ2) is 5.97. The van der Waals surface area contributed by atoms with Crippen molar-refractivity contribution in [2.75, 3.05) is 7.05 Å². The zero-order chi connectivity index (χ0) is 13.8. The summed E-state index contributed by atoms with van der Waals surface area (Å²) in [5, 5.41) is 7.76. The Hall–Kier alpha value is -1.68. The topological polar surface area (TPSA) is 42.7 Å². The van der Waals surface area contributed by atoms with Crippen molar-refractivity contribution in [1.29, 1.82) is 0 Å². The zero-order valence-corrected chi connectivity index (χ0v) is 12.2. The highest BCUT2D eigenvalue weighted by atomic mass is 15.3. The van der Waals surface area contributed by atoms with Crippen LogP contribution in [0.2, 0.25) is 0 Å². The van der Waals surface area contributed by atoms with Gasteiger partial charge in [0.15, 0.2) is 5.82 Å². The smallest absolute Gasteiger partial charge is 0.151 e. The van der Waals surface area contributed by atoms with Crippen molar-refractivity contribution in [2.45, 2.75) is 40.2 Å². The molecule has 102 valence electrons. The average Bonchev–Trinajstić information content (AvgIpc) is 2.84. The van der Waals surface area contributed by atoms with Gasteiger partial charge in [-0.2, -0.15) is 5.10 Å². The summed E-state index contributed by atoms with van der Waals surface area (Å²) >= 11 is 0. The van der Waals surface area contributed by atoms with Crippen molar-refractivity contribution in [3.8, 4) is 5.69 Å². The van der Waals surface area contributed by atoms with Crippen LogP contribution in [-0.4, -0.2) is 21.8 Å². The van der Waals surface area contributed by atoms with Gasteiger partial charge in [0.05, 0.1) is 5.69 Å². The van der Waals surface area contributed by atoms with Gasteiger partial charge in [-0.05, 0) is 37.2 Å². The molecule has 2 rings (SSSR count). The number of benzene rings is 1. The standard InChI is InChI=1S/C15H22N4/c1-5-14-17-15(6-2)19(18-14)13-8-7-12(10-16-4)11(3)9-13/h7-9,16H,5-6,10H2,1-4H3. The molecule has 0 fully saturated rings. The third-order valence-electron chi connectivity index (χ3n) is 3.29. The van der Waals surface area contributed by atoms with E-state index in [4.69, 9.17) is 0 Å². The summed E-state index contributed by atoms with van der Waals surface area (Å²) in [6, 6.07) is 6.46. The molecule has 0 spiro atoms. The second-order valence-electron chi connectivity index (χ2n) is 4.70. The first-order valence-electron chi connectivity index (χ1n) is 6.88. The lowest BCUT2D eigenvalue weighted by molar-refractivity contribution is 0.783. The molecule has 0 atom stereocenters. The first kappa shape index (κ1) is 13.7. The largest absolute Gasteiger partial charge is 0.316 e. The molecule has 0 radical (unpaired) electrons. The third kappa shape index (κ3) is 2.84. The molecular weight excluding hydrogens is 236 g/mol. The molecule has 1 heterocycles. The fourth-order valence-electron chi connectivity index (χ4n) is 2.18. The van der Waals surface area contributed by atoms with E-state index in [9.17, 15) is 0 Å². The molecular formula is C15H22N4. The van der Waals surface area contributed by atoms with Crippen LogP contribution in [0.5, 0.6) is 0 Å². The molecule has 0 unspecified atom stereocenters. The number of hydrogen-bond acceptors (Lipinski definition) is 3. The predicted octanol–water partition coefficient (Wildman–Crippen LogP) is 2.42. The maximum atomic E-state index is 4.58. The quantitative estimate of drug-likeness (QED) is 0.895. The van der Waals surface area contributed by atoms with E-state index in [2.05, 4.69) is 54.4 Å². The van der Waals surface area contributed by atoms with Crippen molar-refractivity contribution in [2.24, 2.45) is 0 Å². The Kier molecular flexibility index (Phi) is 4.32. The minimum atomic E-state index is 0.872. The van der Waals surface area contributed by atoms with Gasteiger partial charge in [0, 0.05) is 19.4 Å². The fourth-order valence-corrected chi connectivity index (χ4v) is 2.18. The molecule has 1 aromatic carbocycles. The summed E-state index contributed by atoms with van der Waals surface area (Å²) in [5.41, 5.74) is 3.70. The van der Waals surface area contributed by atoms with Crippen LogP contribution in [0.3, 0.4) is 0 Å². The maximum Gasteiger partial charge on any atom is 0.151 e. The minimum Gasteiger partial charge on any atom is -0.316 e. The molecule has 0 amide bonds. The van der Waals surface area contributed by atoms with Crippen LogP contribution in [0, 0.1) is 6.92 Å². The molecule has 0 aliphatic rings. The van der Waals surface area contributed by atoms with Crippen LogP contribution < -0.4 is 5.32 Å². The van der Waals surface area contributed by atoms with Gasteiger partial charge in [0.2, 0.25) is 0 Å². The Balaban J connectivity index is 2.41. The normalized spacial score (nSPS) is 10.9. The molecule has 19 heavy (non-hydrogen) atoms. The van der Waals surface area contributed by atoms with Gasteiger partial charge >= 0.3 is 0 Å². The van der Waals surface area contributed by atoms with E-state index >= 15 is 0 Å². The molecule has 4 heteroatoms. The first-order chi connectivity index (χ1) is 9.19. The molecule has 2 aromatic rings. The number of aromatic nitrogens is 3. The van der Waals surface area contributed by atoms with Gasteiger partial charge in [-0.25, -0.2) is 9.67 Å². The minimum absolute atomic E-state index is 0.872. The van der Waals surface area contributed by atoms with Gasteiger partial charge in [0.1, 0.15) is 5.82 Å². The second-order valence-corrected chi connectivity index (χ2v) is 4.70. The first-order valence-corrected chi connectivity index (χ1v) is 6.88. The Labute approximate surface area is 114 Å². The van der Waals surface area contributed by atoms with E-state index in [0.717, 1.165) is 36.7 Å². The molecule has 0 aliphatic heterocycles. The molecule has 0 saturated carbocycles. The zero-order valence-electron chi connectivity index (χ0n) is 12.2. The molecule has 1 N–H and O–H groups in total. The summed E-state index contributed by atoms with van der Waals surface area (Å²) in [4.78, 5) is 4.55. The summed E-state index contributed by atoms with van der Waals surface area (Å²) in [5.74, 6) is 1.94. The van der Waals surface area contributed by atoms with Crippen molar-refractivity contribution in [3.05, 3.63) is 41.0 Å². The third-order valence-corrected chi connectivity index (χ3v) is 3.29. The fraction of sp³-hybridized carbons (Fsp3) is 0.467. The Morgan fingerprint density at radius 2 is 2.00 bits per heavy atom. The van der Waals surface area contributed by atoms with E-state index in [1.54, 1.807) is 0 Å². The Morgan fingerprint density at radius 3 is 2.58 bits per heavy atom. The summed E-state index contributed by atoms with van der Waals surface area (Å²) < 4.78 is 1.97. The lowest BCUT2D eigenvalue weighted by Crippen LogP contribution is -2.08. The highest BCUT2D eigenvalue weighted by Gasteiger charge is 2.09. The van der Waals surface area contributed by atoms with E-state index in [1.807, 2.05) is 11.7 Å². The van der Waals surface area contributed by atoms with Gasteiger partial charge in [0.25, 0.3) is 0 Å². The molecule has 1 aromatic heterocycles. The van der Waals surface area contributed by atoms with Crippen LogP contribution in [0.15, 0.2) is 18.2 Å². The SMILES string of the molecule is CCc1nc(CC)n(-c2ccc(CNC)c(C)c2)n1. The van der Waals surface area contributed by atoms with Crippen LogP contribution in [-0.2, 0) is 19.4 Å². The van der Waals surface area contributed by atoms with Crippen molar-refractivity contribution in [3.63, 3.8) is 0 Å². The van der Waals surface area contributed by atoms with E-state index in [-0.39, 0.29) is 0 Å². The monoisotopic (exact) mass is 258 g/mol. The van der Waals surface area contributed by atoms with Gasteiger partial charge in [-0.3, -0.25) is 0 Å². The summed E-state index contributed by atoms with van der Waals surface area (Å²) in [6.07, 6.45) is 1.77. The van der Waals surface area contributed by atoms with E-state index in [0.29, 0.717) is 0 Å². The summed E-state index contributed by atoms with van der Waals surface area (Å²) in [6.45, 7) is 7.23. The van der Waals surface area contributed by atoms with Crippen LogP contribution >= 0.6 is 0 Å². The molecule has 0 saturated heterocycles. The van der Waals surface area contributed by atoms with Gasteiger partial charge in [-0.1, -0.05) is 19.9 Å². The lowest BCUT2D eigenvalue weighted by Gasteiger charge is -2.09. The highest BCUT2D eigenvalue weighted by Crippen LogP contribution is 2.16. The Morgan fingerprint density at radius 1 is 1.21 bits per heavy atom. The number of rotatable bonds is 5. The average molecular weight is 258 g/mol. The van der Waals surface area contributed by atoms with E-state index < -0.39 is 0 Å². The van der Waals surface area contributed by atoms with Gasteiger partial charge < -0.3 is 5.32 Å². The highest BCUT2D eigenvalue weighted by molar-refractivity contribution is 5.40. The predicted molar refractivity (Wildman–Crippen MR) is 77.6 cm³/mol. The number of aryl methyl sites for hydroxylation is 3. The van der Waals surface area contributed by atoms with Crippen LogP contribution in [0.1, 0.15) is 36.6 Å². The lowest BCUT2D eigenvalue weighted by atomic mass is 10.1. The van der Waals surface area contributed by atoms with Crippen molar-refractivity contribution in [1.82, 2.24) is 20.1 Å². The van der Waals surface area contributed by atoms with Crippen LogP contribution in [0.25, 0.3) is 5.69 Å². The van der Waals surface area contributed by atoms with Crippen molar-refractivity contribution < 1.29 is 0 Å². The number of nitrogens with one attached hydrogen (secondary N) is 1.